The van der Waals surface area contributed by atoms with Crippen LogP contribution in [-0.4, -0.2) is 24.4 Å². The van der Waals surface area contributed by atoms with Crippen LogP contribution in [-0.2, 0) is 0 Å². The van der Waals surface area contributed by atoms with Gasteiger partial charge in [-0.15, -0.1) is 0 Å². The predicted octanol–water partition coefficient (Wildman–Crippen LogP) is 1.82. The van der Waals surface area contributed by atoms with E-state index < -0.39 is 5.60 Å². The molecule has 3 N–H and O–H groups in total. The van der Waals surface area contributed by atoms with Gasteiger partial charge in [-0.2, -0.15) is 0 Å². The third-order valence-corrected chi connectivity index (χ3v) is 2.12. The molecule has 1 aromatic rings. The van der Waals surface area contributed by atoms with Gasteiger partial charge in [-0.05, 0) is 13.8 Å². The minimum absolute atomic E-state index is 0.441. The van der Waals surface area contributed by atoms with E-state index in [4.69, 9.17) is 15.2 Å². The molecule has 0 fully saturated rings. The summed E-state index contributed by atoms with van der Waals surface area (Å²) in [6, 6.07) is 5.22. The van der Waals surface area contributed by atoms with Crippen LogP contribution in [0, 0.1) is 0 Å². The normalized spacial score (nSPS) is 11.2. The average molecular weight is 225 g/mol. The molecule has 0 spiro atoms. The lowest BCUT2D eigenvalue weighted by Crippen LogP contribution is -2.21. The van der Waals surface area contributed by atoms with Gasteiger partial charge in [-0.1, -0.05) is 0 Å². The predicted molar refractivity (Wildman–Crippen MR) is 63.8 cm³/mol. The second-order valence-electron chi connectivity index (χ2n) is 4.35. The zero-order valence-corrected chi connectivity index (χ0v) is 9.99. The monoisotopic (exact) mass is 225 g/mol. The van der Waals surface area contributed by atoms with Crippen molar-refractivity contribution in [3.05, 3.63) is 18.2 Å². The Morgan fingerprint density at radius 1 is 1.25 bits per heavy atom. The summed E-state index contributed by atoms with van der Waals surface area (Å²) in [6.45, 7) is 3.93. The standard InChI is InChI=1S/C12H19NO3/c1-12(2,14)4-5-16-11-7-9(13)6-10(8-11)15-3/h6-8,14H,4-5,13H2,1-3H3. The maximum atomic E-state index is 9.52. The Balaban J connectivity index is 2.57. The van der Waals surface area contributed by atoms with Crippen molar-refractivity contribution in [3.8, 4) is 11.5 Å². The molecule has 0 heterocycles. The number of aliphatic hydroxyl groups is 1. The molecule has 0 saturated carbocycles. The highest BCUT2D eigenvalue weighted by molar-refractivity contribution is 5.50. The second-order valence-corrected chi connectivity index (χ2v) is 4.35. The lowest BCUT2D eigenvalue weighted by molar-refractivity contribution is 0.0553. The van der Waals surface area contributed by atoms with Crippen LogP contribution in [0.1, 0.15) is 20.3 Å². The summed E-state index contributed by atoms with van der Waals surface area (Å²) in [5.74, 6) is 1.32. The molecule has 4 heteroatoms. The maximum absolute atomic E-state index is 9.52. The number of hydrogen-bond donors (Lipinski definition) is 2. The van der Waals surface area contributed by atoms with Gasteiger partial charge in [0.2, 0.25) is 0 Å². The van der Waals surface area contributed by atoms with Gasteiger partial charge in [-0.25, -0.2) is 0 Å². The van der Waals surface area contributed by atoms with Crippen molar-refractivity contribution in [3.63, 3.8) is 0 Å². The van der Waals surface area contributed by atoms with E-state index >= 15 is 0 Å². The van der Waals surface area contributed by atoms with Crippen molar-refractivity contribution in [2.75, 3.05) is 19.5 Å². The van der Waals surface area contributed by atoms with Gasteiger partial charge in [0, 0.05) is 30.3 Å². The number of nitrogens with two attached hydrogens (primary N) is 1. The van der Waals surface area contributed by atoms with E-state index in [0.29, 0.717) is 30.2 Å². The first-order valence-electron chi connectivity index (χ1n) is 5.20. The van der Waals surface area contributed by atoms with Crippen LogP contribution in [0.2, 0.25) is 0 Å². The van der Waals surface area contributed by atoms with E-state index in [-0.39, 0.29) is 0 Å². The van der Waals surface area contributed by atoms with Gasteiger partial charge in [0.1, 0.15) is 11.5 Å². The van der Waals surface area contributed by atoms with Gasteiger partial charge in [-0.3, -0.25) is 0 Å². The Bertz CT molecular complexity index is 345. The Labute approximate surface area is 96.0 Å². The van der Waals surface area contributed by atoms with E-state index in [1.54, 1.807) is 39.2 Å². The Morgan fingerprint density at radius 3 is 2.44 bits per heavy atom. The molecular formula is C12H19NO3. The molecule has 1 aromatic carbocycles. The lowest BCUT2D eigenvalue weighted by Gasteiger charge is -2.17. The quantitative estimate of drug-likeness (QED) is 0.750. The molecule has 0 saturated heterocycles. The largest absolute Gasteiger partial charge is 0.497 e. The van der Waals surface area contributed by atoms with Crippen LogP contribution < -0.4 is 15.2 Å². The minimum atomic E-state index is -0.718. The highest BCUT2D eigenvalue weighted by Gasteiger charge is 2.12. The van der Waals surface area contributed by atoms with Crippen LogP contribution in [0.25, 0.3) is 0 Å². The van der Waals surface area contributed by atoms with Crippen molar-refractivity contribution in [1.29, 1.82) is 0 Å². The highest BCUT2D eigenvalue weighted by atomic mass is 16.5. The van der Waals surface area contributed by atoms with Crippen LogP contribution in [0.15, 0.2) is 18.2 Å². The van der Waals surface area contributed by atoms with Crippen molar-refractivity contribution in [2.24, 2.45) is 0 Å². The fourth-order valence-electron chi connectivity index (χ4n) is 1.21. The molecule has 0 aliphatic rings. The van der Waals surface area contributed by atoms with Crippen molar-refractivity contribution >= 4 is 5.69 Å². The molecule has 0 radical (unpaired) electrons. The summed E-state index contributed by atoms with van der Waals surface area (Å²) in [7, 11) is 1.58. The first kappa shape index (κ1) is 12.6. The zero-order valence-electron chi connectivity index (χ0n) is 9.99. The molecule has 90 valence electrons. The van der Waals surface area contributed by atoms with Gasteiger partial charge in [0.15, 0.2) is 0 Å². The molecule has 0 aromatic heterocycles. The smallest absolute Gasteiger partial charge is 0.125 e. The molecule has 0 atom stereocenters. The Morgan fingerprint density at radius 2 is 1.88 bits per heavy atom. The number of ether oxygens (including phenoxy) is 2. The molecule has 0 amide bonds. The number of benzene rings is 1. The summed E-state index contributed by atoms with van der Waals surface area (Å²) < 4.78 is 10.6. The average Bonchev–Trinajstić information content (AvgIpc) is 2.14. The van der Waals surface area contributed by atoms with Gasteiger partial charge < -0.3 is 20.3 Å². The van der Waals surface area contributed by atoms with E-state index in [9.17, 15) is 5.11 Å². The topological polar surface area (TPSA) is 64.7 Å². The molecule has 0 aliphatic heterocycles. The fraction of sp³-hybridized carbons (Fsp3) is 0.500. The summed E-state index contributed by atoms with van der Waals surface area (Å²) in [5, 5.41) is 9.52. The van der Waals surface area contributed by atoms with Gasteiger partial charge in [0.25, 0.3) is 0 Å². The zero-order chi connectivity index (χ0) is 12.2. The van der Waals surface area contributed by atoms with E-state index in [0.717, 1.165) is 0 Å². The lowest BCUT2D eigenvalue weighted by atomic mass is 10.1. The molecule has 0 unspecified atom stereocenters. The Hall–Kier alpha value is -1.42. The number of anilines is 1. The fourth-order valence-corrected chi connectivity index (χ4v) is 1.21. The molecular weight excluding hydrogens is 206 g/mol. The van der Waals surface area contributed by atoms with Crippen LogP contribution >= 0.6 is 0 Å². The Kier molecular flexibility index (Phi) is 4.01. The van der Waals surface area contributed by atoms with Gasteiger partial charge in [0.05, 0.1) is 19.3 Å². The molecule has 0 bridgehead atoms. The highest BCUT2D eigenvalue weighted by Crippen LogP contribution is 2.24. The minimum Gasteiger partial charge on any atom is -0.497 e. The van der Waals surface area contributed by atoms with Crippen molar-refractivity contribution in [1.82, 2.24) is 0 Å². The summed E-state index contributed by atoms with van der Waals surface area (Å²) in [5.41, 5.74) is 5.56. The first-order chi connectivity index (χ1) is 7.40. The summed E-state index contributed by atoms with van der Waals surface area (Å²) >= 11 is 0. The summed E-state index contributed by atoms with van der Waals surface area (Å²) in [4.78, 5) is 0. The van der Waals surface area contributed by atoms with E-state index in [1.165, 1.54) is 0 Å². The van der Waals surface area contributed by atoms with E-state index in [2.05, 4.69) is 0 Å². The number of nitrogen functional groups attached to an aromatic ring is 1. The maximum Gasteiger partial charge on any atom is 0.125 e. The van der Waals surface area contributed by atoms with Gasteiger partial charge >= 0.3 is 0 Å². The number of methoxy groups -OCH3 is 1. The third kappa shape index (κ3) is 4.40. The SMILES string of the molecule is COc1cc(N)cc(OCCC(C)(C)O)c1. The van der Waals surface area contributed by atoms with Crippen LogP contribution in [0.5, 0.6) is 11.5 Å². The molecule has 16 heavy (non-hydrogen) atoms. The molecule has 1 rings (SSSR count). The van der Waals surface area contributed by atoms with Crippen LogP contribution in [0.4, 0.5) is 5.69 Å². The molecule has 0 aliphatic carbocycles. The van der Waals surface area contributed by atoms with E-state index in [1.807, 2.05) is 0 Å². The molecule has 4 nitrogen and oxygen atoms in total. The first-order valence-corrected chi connectivity index (χ1v) is 5.20. The third-order valence-electron chi connectivity index (χ3n) is 2.12. The summed E-state index contributed by atoms with van der Waals surface area (Å²) in [6.07, 6.45) is 0.560. The van der Waals surface area contributed by atoms with Crippen molar-refractivity contribution < 1.29 is 14.6 Å². The van der Waals surface area contributed by atoms with Crippen molar-refractivity contribution in [2.45, 2.75) is 25.9 Å². The number of rotatable bonds is 5. The second kappa shape index (κ2) is 5.07. The number of hydrogen-bond acceptors (Lipinski definition) is 4. The van der Waals surface area contributed by atoms with Crippen LogP contribution in [0.3, 0.4) is 0 Å².